The minimum Gasteiger partial charge on any atom is -0.394 e. The smallest absolute Gasteiger partial charge is 0.237 e. The average Bonchev–Trinajstić information content (AvgIpc) is 2.65. The predicted molar refractivity (Wildman–Crippen MR) is 110 cm³/mol. The number of benzene rings is 2. The summed E-state index contributed by atoms with van der Waals surface area (Å²) in [6, 6.07) is 13.1. The fraction of sp³-hybridized carbons (Fsp3) is 0.435. The van der Waals surface area contributed by atoms with E-state index in [1.807, 2.05) is 59.1 Å². The molecule has 2 aliphatic heterocycles. The molecule has 0 unspecified atom stereocenters. The highest BCUT2D eigenvalue weighted by atomic mass is 19.1. The van der Waals surface area contributed by atoms with Gasteiger partial charge in [-0.05, 0) is 37.9 Å². The van der Waals surface area contributed by atoms with Crippen molar-refractivity contribution in [3.8, 4) is 0 Å². The molecule has 0 aliphatic carbocycles. The molecule has 30 heavy (non-hydrogen) atoms. The van der Waals surface area contributed by atoms with Gasteiger partial charge in [0.1, 0.15) is 11.6 Å². The van der Waals surface area contributed by atoms with Gasteiger partial charge in [-0.1, -0.05) is 30.3 Å². The van der Waals surface area contributed by atoms with Crippen molar-refractivity contribution in [2.75, 3.05) is 40.3 Å². The molecule has 2 fully saturated rings. The maximum Gasteiger partial charge on any atom is 0.237 e. The summed E-state index contributed by atoms with van der Waals surface area (Å²) in [6.07, 6.45) is 0. The van der Waals surface area contributed by atoms with Gasteiger partial charge in [-0.15, -0.1) is 0 Å². The van der Waals surface area contributed by atoms with Crippen molar-refractivity contribution in [3.63, 3.8) is 0 Å². The van der Waals surface area contributed by atoms with Gasteiger partial charge in [0.25, 0.3) is 0 Å². The Bertz CT molecular complexity index is 916. The van der Waals surface area contributed by atoms with Crippen LogP contribution in [0.4, 0.5) is 8.78 Å². The van der Waals surface area contributed by atoms with E-state index in [9.17, 15) is 18.7 Å². The van der Waals surface area contributed by atoms with Crippen LogP contribution in [0.2, 0.25) is 0 Å². The van der Waals surface area contributed by atoms with Gasteiger partial charge in [-0.2, -0.15) is 0 Å². The van der Waals surface area contributed by atoms with Gasteiger partial charge in [-0.3, -0.25) is 9.69 Å². The van der Waals surface area contributed by atoms with Crippen molar-refractivity contribution < 1.29 is 18.7 Å². The Morgan fingerprint density at radius 3 is 2.50 bits per heavy atom. The van der Waals surface area contributed by atoms with Crippen LogP contribution in [0.3, 0.4) is 0 Å². The number of aliphatic hydroxyl groups excluding tert-OH is 1. The van der Waals surface area contributed by atoms with Crippen LogP contribution in [-0.4, -0.2) is 77.6 Å². The molecular weight excluding hydrogens is 388 g/mol. The third kappa shape index (κ3) is 3.51. The number of likely N-dealkylation sites (N-methyl/N-ethyl adjacent to an activating group) is 1. The van der Waals surface area contributed by atoms with Crippen LogP contribution in [0.5, 0.6) is 0 Å². The monoisotopic (exact) mass is 415 g/mol. The number of carbonyl (C=O) groups is 1. The number of nitrogens with zero attached hydrogens (tertiary/aromatic N) is 3. The van der Waals surface area contributed by atoms with Crippen molar-refractivity contribution in [2.45, 2.75) is 24.0 Å². The number of halogens is 2. The first-order chi connectivity index (χ1) is 14.4. The Morgan fingerprint density at radius 1 is 1.17 bits per heavy atom. The average molecular weight is 415 g/mol. The molecule has 0 saturated carbocycles. The first-order valence-electron chi connectivity index (χ1n) is 10.1. The molecule has 160 valence electrons. The number of rotatable bonds is 6. The fourth-order valence-corrected chi connectivity index (χ4v) is 5.16. The van der Waals surface area contributed by atoms with Crippen LogP contribution in [0.15, 0.2) is 48.5 Å². The summed E-state index contributed by atoms with van der Waals surface area (Å²) in [5.41, 5.74) is 0.957. The predicted octanol–water partition coefficient (Wildman–Crippen LogP) is 2.07. The largest absolute Gasteiger partial charge is 0.394 e. The van der Waals surface area contributed by atoms with Crippen LogP contribution < -0.4 is 0 Å². The van der Waals surface area contributed by atoms with Crippen LogP contribution in [-0.2, 0) is 11.3 Å². The second-order valence-corrected chi connectivity index (χ2v) is 8.62. The number of hydrogen-bond donors (Lipinski definition) is 1. The third-order valence-electron chi connectivity index (χ3n) is 6.24. The first-order valence-corrected chi connectivity index (χ1v) is 10.1. The molecule has 1 N–H and O–H groups in total. The lowest BCUT2D eigenvalue weighted by Gasteiger charge is -2.70. The fourth-order valence-electron chi connectivity index (χ4n) is 5.16. The summed E-state index contributed by atoms with van der Waals surface area (Å²) in [7, 11) is 3.68. The third-order valence-corrected chi connectivity index (χ3v) is 6.24. The minimum absolute atomic E-state index is 0.00317. The molecule has 0 bridgehead atoms. The van der Waals surface area contributed by atoms with Gasteiger partial charge >= 0.3 is 0 Å². The Balaban J connectivity index is 1.59. The number of carbonyl (C=O) groups excluding carboxylic acids is 1. The second kappa shape index (κ2) is 8.06. The molecule has 1 spiro atoms. The van der Waals surface area contributed by atoms with Crippen molar-refractivity contribution in [1.29, 1.82) is 0 Å². The van der Waals surface area contributed by atoms with E-state index in [4.69, 9.17) is 0 Å². The Hall–Kier alpha value is -2.35. The number of likely N-dealkylation sites (tertiary alicyclic amines) is 2. The summed E-state index contributed by atoms with van der Waals surface area (Å²) < 4.78 is 27.6. The molecule has 7 heteroatoms. The Labute approximate surface area is 175 Å². The van der Waals surface area contributed by atoms with E-state index in [0.29, 0.717) is 18.7 Å². The molecule has 0 aromatic heterocycles. The van der Waals surface area contributed by atoms with Crippen molar-refractivity contribution >= 4 is 5.91 Å². The molecule has 1 amide bonds. The molecule has 2 aliphatic rings. The Kier molecular flexibility index (Phi) is 5.61. The van der Waals surface area contributed by atoms with Gasteiger partial charge in [0.15, 0.2) is 0 Å². The van der Waals surface area contributed by atoms with Crippen molar-refractivity contribution in [3.05, 3.63) is 71.3 Å². The molecule has 2 saturated heterocycles. The van der Waals surface area contributed by atoms with Gasteiger partial charge in [-0.25, -0.2) is 8.78 Å². The summed E-state index contributed by atoms with van der Waals surface area (Å²) in [5, 5.41) is 10.1. The lowest BCUT2D eigenvalue weighted by molar-refractivity contribution is -0.202. The molecule has 2 aromatic rings. The van der Waals surface area contributed by atoms with E-state index in [1.54, 1.807) is 0 Å². The van der Waals surface area contributed by atoms with E-state index >= 15 is 0 Å². The number of hydrogen-bond acceptors (Lipinski definition) is 4. The maximum atomic E-state index is 14.1. The molecule has 0 radical (unpaired) electrons. The minimum atomic E-state index is -0.462. The lowest BCUT2D eigenvalue weighted by atomic mass is 9.60. The quantitative estimate of drug-likeness (QED) is 0.785. The standard InChI is InChI=1S/C23H27F2N3O2/c1-26(2)12-21(30)28-20(13-29)22(16-6-4-3-5-7-16)23(28)14-27(15-23)11-17-10-18(24)8-9-19(17)25/h3-10,20,22,29H,11-15H2,1-2H3/t20-,22+/m0/s1. The zero-order valence-electron chi connectivity index (χ0n) is 17.3. The maximum absolute atomic E-state index is 14.1. The van der Waals surface area contributed by atoms with Crippen LogP contribution in [0, 0.1) is 11.6 Å². The van der Waals surface area contributed by atoms with Crippen LogP contribution in [0.1, 0.15) is 17.0 Å². The normalized spacial score (nSPS) is 22.8. The topological polar surface area (TPSA) is 47.0 Å². The second-order valence-electron chi connectivity index (χ2n) is 8.62. The van der Waals surface area contributed by atoms with E-state index in [-0.39, 0.29) is 37.6 Å². The summed E-state index contributed by atoms with van der Waals surface area (Å²) in [5.74, 6) is -0.916. The van der Waals surface area contributed by atoms with Gasteiger partial charge in [0.2, 0.25) is 5.91 Å². The highest BCUT2D eigenvalue weighted by Crippen LogP contribution is 2.54. The number of aliphatic hydroxyl groups is 1. The van der Waals surface area contributed by atoms with Crippen LogP contribution in [0.25, 0.3) is 0 Å². The van der Waals surface area contributed by atoms with E-state index in [1.165, 1.54) is 6.07 Å². The van der Waals surface area contributed by atoms with Gasteiger partial charge in [0.05, 0.1) is 24.7 Å². The molecule has 2 heterocycles. The molecular formula is C23H27F2N3O2. The van der Waals surface area contributed by atoms with E-state index < -0.39 is 17.2 Å². The SMILES string of the molecule is CN(C)CC(=O)N1[C@@H](CO)[C@@H](c2ccccc2)C12CN(Cc1cc(F)ccc1F)C2. The van der Waals surface area contributed by atoms with Crippen molar-refractivity contribution in [1.82, 2.24) is 14.7 Å². The molecule has 2 atom stereocenters. The Morgan fingerprint density at radius 2 is 1.87 bits per heavy atom. The van der Waals surface area contributed by atoms with Crippen LogP contribution >= 0.6 is 0 Å². The van der Waals surface area contributed by atoms with E-state index in [0.717, 1.165) is 17.7 Å². The molecule has 4 rings (SSSR count). The lowest BCUT2D eigenvalue weighted by Crippen LogP contribution is -2.85. The molecule has 5 nitrogen and oxygen atoms in total. The van der Waals surface area contributed by atoms with E-state index in [2.05, 4.69) is 0 Å². The summed E-state index contributed by atoms with van der Waals surface area (Å²) in [6.45, 7) is 1.54. The summed E-state index contributed by atoms with van der Waals surface area (Å²) >= 11 is 0. The van der Waals surface area contributed by atoms with Gasteiger partial charge in [0, 0.05) is 31.1 Å². The zero-order chi connectivity index (χ0) is 21.5. The molecule has 2 aromatic carbocycles. The number of amides is 1. The first kappa shape index (κ1) is 20.9. The zero-order valence-corrected chi connectivity index (χ0v) is 17.3. The van der Waals surface area contributed by atoms with Crippen molar-refractivity contribution in [2.24, 2.45) is 0 Å². The highest BCUT2D eigenvalue weighted by Gasteiger charge is 2.66. The van der Waals surface area contributed by atoms with Gasteiger partial charge < -0.3 is 14.9 Å². The summed E-state index contributed by atoms with van der Waals surface area (Å²) in [4.78, 5) is 18.7. The highest BCUT2D eigenvalue weighted by molar-refractivity contribution is 5.82.